The molecule has 0 N–H and O–H groups in total. The van der Waals surface area contributed by atoms with Gasteiger partial charge >= 0.3 is 6.18 Å². The maximum Gasteiger partial charge on any atom is 0.417 e. The topological polar surface area (TPSA) is 12.9 Å². The van der Waals surface area contributed by atoms with Gasteiger partial charge in [0.15, 0.2) is 0 Å². The van der Waals surface area contributed by atoms with Crippen LogP contribution >= 0.6 is 0 Å². The first-order valence-corrected chi connectivity index (χ1v) is 7.06. The summed E-state index contributed by atoms with van der Waals surface area (Å²) < 4.78 is 86.1. The fourth-order valence-corrected chi connectivity index (χ4v) is 2.42. The highest BCUT2D eigenvalue weighted by Gasteiger charge is 2.33. The summed E-state index contributed by atoms with van der Waals surface area (Å²) in [5.41, 5.74) is -1.10. The van der Waals surface area contributed by atoms with Crippen LogP contribution in [-0.4, -0.2) is 4.98 Å². The highest BCUT2D eigenvalue weighted by Crippen LogP contribution is 2.39. The van der Waals surface area contributed by atoms with Crippen LogP contribution < -0.4 is 0 Å². The van der Waals surface area contributed by atoms with Gasteiger partial charge in [0, 0.05) is 20.0 Å². The van der Waals surface area contributed by atoms with Gasteiger partial charge in [0.2, 0.25) is 0 Å². The molecule has 0 saturated carbocycles. The van der Waals surface area contributed by atoms with E-state index in [1.165, 1.54) is 24.3 Å². The second kappa shape index (κ2) is 6.11. The van der Waals surface area contributed by atoms with Gasteiger partial charge in [-0.05, 0) is 54.2 Å². The Labute approximate surface area is 147 Å². The van der Waals surface area contributed by atoms with Crippen LogP contribution in [0.4, 0.5) is 13.2 Å². The summed E-state index contributed by atoms with van der Waals surface area (Å²) in [5.74, 6) is 0. The maximum absolute atomic E-state index is 13.5. The Bertz CT molecular complexity index is 1060. The van der Waals surface area contributed by atoms with Crippen molar-refractivity contribution in [3.05, 3.63) is 77.5 Å². The normalized spacial score (nSPS) is 16.3. The molecule has 1 aromatic heterocycles. The average molecular weight is 333 g/mol. The average Bonchev–Trinajstić information content (AvgIpc) is 2.65. The molecule has 0 saturated heterocycles. The van der Waals surface area contributed by atoms with Crippen molar-refractivity contribution in [1.82, 2.24) is 4.98 Å². The maximum atomic E-state index is 13.5. The molecule has 3 aromatic rings. The number of benzene rings is 2. The third-order valence-corrected chi connectivity index (χ3v) is 3.61. The van der Waals surface area contributed by atoms with Crippen LogP contribution in [0.25, 0.3) is 22.4 Å². The number of hydrogen-bond donors (Lipinski definition) is 0. The Balaban J connectivity index is 2.22. The number of hydrogen-bond acceptors (Lipinski definition) is 1. The molecule has 122 valence electrons. The molecule has 0 unspecified atom stereocenters. The quantitative estimate of drug-likeness (QED) is 0.556. The summed E-state index contributed by atoms with van der Waals surface area (Å²) in [5, 5.41) is 0. The summed E-state index contributed by atoms with van der Waals surface area (Å²) in [6.07, 6.45) is -3.64. The zero-order chi connectivity index (χ0) is 22.3. The van der Waals surface area contributed by atoms with Crippen molar-refractivity contribution in [2.24, 2.45) is 0 Å². The predicted molar refractivity (Wildman–Crippen MR) is 89.6 cm³/mol. The van der Waals surface area contributed by atoms with Crippen LogP contribution in [0, 0.1) is 13.7 Å². The molecule has 1 nitrogen and oxygen atoms in total. The molecule has 24 heavy (non-hydrogen) atoms. The van der Waals surface area contributed by atoms with E-state index in [0.29, 0.717) is 5.56 Å². The first-order valence-electron chi connectivity index (χ1n) is 10.1. The highest BCUT2D eigenvalue weighted by molar-refractivity contribution is 5.75. The third-order valence-electron chi connectivity index (χ3n) is 3.61. The van der Waals surface area contributed by atoms with E-state index in [1.807, 2.05) is 0 Å². The van der Waals surface area contributed by atoms with E-state index in [2.05, 4.69) is 4.98 Å². The molecule has 0 aliphatic rings. The molecule has 3 rings (SSSR count). The number of aryl methyl sites for hydroxylation is 2. The van der Waals surface area contributed by atoms with Crippen LogP contribution in [0.5, 0.6) is 0 Å². The van der Waals surface area contributed by atoms with Crippen molar-refractivity contribution < 1.29 is 21.4 Å². The zero-order valence-corrected chi connectivity index (χ0v) is 12.4. The largest absolute Gasteiger partial charge is 0.417 e. The molecule has 0 amide bonds. The summed E-state index contributed by atoms with van der Waals surface area (Å²) in [4.78, 5) is 4.02. The monoisotopic (exact) mass is 333 g/mol. The third kappa shape index (κ3) is 3.18. The smallest absolute Gasteiger partial charge is 0.256 e. The van der Waals surface area contributed by atoms with Gasteiger partial charge in [-0.25, -0.2) is 0 Å². The van der Waals surface area contributed by atoms with Gasteiger partial charge in [0.05, 0.1) is 11.3 Å². The summed E-state index contributed by atoms with van der Waals surface area (Å²) in [6, 6.07) is 12.4. The molecule has 0 aliphatic carbocycles. The second-order valence-corrected chi connectivity index (χ2v) is 5.24. The van der Waals surface area contributed by atoms with Crippen molar-refractivity contribution in [2.45, 2.75) is 19.9 Å². The fourth-order valence-electron chi connectivity index (χ4n) is 2.42. The van der Waals surface area contributed by atoms with E-state index in [-0.39, 0.29) is 16.8 Å². The molecule has 0 radical (unpaired) electrons. The van der Waals surface area contributed by atoms with Crippen molar-refractivity contribution in [1.29, 1.82) is 0 Å². The van der Waals surface area contributed by atoms with E-state index in [9.17, 15) is 13.2 Å². The molecule has 0 aliphatic heterocycles. The van der Waals surface area contributed by atoms with Crippen LogP contribution in [0.1, 0.15) is 24.9 Å². The minimum absolute atomic E-state index is 0.0695. The van der Waals surface area contributed by atoms with E-state index >= 15 is 0 Å². The van der Waals surface area contributed by atoms with Crippen LogP contribution in [0.2, 0.25) is 0 Å². The lowest BCUT2D eigenvalue weighted by Crippen LogP contribution is -2.07. The predicted octanol–water partition coefficient (Wildman–Crippen LogP) is 6.05. The molecular weight excluding hydrogens is 311 g/mol. The molecule has 2 aromatic carbocycles. The number of nitrogens with zero attached hydrogens (tertiary/aromatic N) is 1. The first-order chi connectivity index (χ1) is 13.8. The minimum Gasteiger partial charge on any atom is -0.256 e. The van der Waals surface area contributed by atoms with Gasteiger partial charge in [0.25, 0.3) is 0 Å². The van der Waals surface area contributed by atoms with Gasteiger partial charge in [0.1, 0.15) is 0 Å². The van der Waals surface area contributed by atoms with Crippen LogP contribution in [0.15, 0.2) is 60.8 Å². The van der Waals surface area contributed by atoms with E-state index in [4.69, 9.17) is 8.22 Å². The first kappa shape index (κ1) is 10.3. The lowest BCUT2D eigenvalue weighted by Gasteiger charge is -2.15. The molecule has 0 fully saturated rings. The number of halogens is 3. The van der Waals surface area contributed by atoms with E-state index in [1.54, 1.807) is 18.2 Å². The fraction of sp³-hybridized carbons (Fsp3) is 0.150. The SMILES string of the molecule is [2H]C([2H])([2H])c1cnc(-c2ccc(C(F)(F)F)c(-c3ccccc3)c2)cc1C([2H])([2H])[2H]. The molecule has 1 heterocycles. The molecule has 0 spiro atoms. The Morgan fingerprint density at radius 2 is 1.62 bits per heavy atom. The summed E-state index contributed by atoms with van der Waals surface area (Å²) in [7, 11) is 0. The minimum atomic E-state index is -4.59. The Morgan fingerprint density at radius 3 is 2.29 bits per heavy atom. The van der Waals surface area contributed by atoms with Gasteiger partial charge in [-0.15, -0.1) is 0 Å². The van der Waals surface area contributed by atoms with Gasteiger partial charge < -0.3 is 0 Å². The molecule has 4 heteroatoms. The number of pyridine rings is 1. The molecule has 0 atom stereocenters. The van der Waals surface area contributed by atoms with Gasteiger partial charge in [-0.1, -0.05) is 36.4 Å². The van der Waals surface area contributed by atoms with Gasteiger partial charge in [-0.3, -0.25) is 4.98 Å². The van der Waals surface area contributed by atoms with Crippen LogP contribution in [-0.2, 0) is 6.18 Å². The standard InChI is InChI=1S/C20H16F3N/c1-13-10-19(24-12-14(13)2)16-8-9-18(20(21,22)23)17(11-16)15-6-4-3-5-7-15/h3-12H,1-2H3/i1D3,2D3. The number of rotatable bonds is 2. The lowest BCUT2D eigenvalue weighted by atomic mass is 9.95. The second-order valence-electron chi connectivity index (χ2n) is 5.24. The molecular formula is C20H16F3N. The Hall–Kier alpha value is -2.62. The summed E-state index contributed by atoms with van der Waals surface area (Å²) >= 11 is 0. The Morgan fingerprint density at radius 1 is 0.875 bits per heavy atom. The Kier molecular flexibility index (Phi) is 2.62. The van der Waals surface area contributed by atoms with E-state index < -0.39 is 36.6 Å². The summed E-state index contributed by atoms with van der Waals surface area (Å²) in [6.45, 7) is -5.42. The van der Waals surface area contributed by atoms with Crippen LogP contribution in [0.3, 0.4) is 0 Å². The van der Waals surface area contributed by atoms with Gasteiger partial charge in [-0.2, -0.15) is 13.2 Å². The zero-order valence-electron chi connectivity index (χ0n) is 18.4. The van der Waals surface area contributed by atoms with Crippen molar-refractivity contribution in [3.8, 4) is 22.4 Å². The van der Waals surface area contributed by atoms with E-state index in [0.717, 1.165) is 18.3 Å². The highest BCUT2D eigenvalue weighted by atomic mass is 19.4. The van der Waals surface area contributed by atoms with Crippen molar-refractivity contribution in [3.63, 3.8) is 0 Å². The lowest BCUT2D eigenvalue weighted by molar-refractivity contribution is -0.137. The van der Waals surface area contributed by atoms with Crippen molar-refractivity contribution >= 4 is 0 Å². The number of alkyl halides is 3. The van der Waals surface area contributed by atoms with Crippen molar-refractivity contribution in [2.75, 3.05) is 0 Å². The molecule has 0 bridgehead atoms. The number of aromatic nitrogens is 1.